The number of benzene rings is 1. The molecule has 0 aromatic heterocycles. The first-order chi connectivity index (χ1) is 10.7. The van der Waals surface area contributed by atoms with Gasteiger partial charge in [-0.05, 0) is 80.0 Å². The summed E-state index contributed by atoms with van der Waals surface area (Å²) in [6.45, 7) is 0. The van der Waals surface area contributed by atoms with Gasteiger partial charge in [-0.15, -0.1) is 0 Å². The molecule has 118 valence electrons. The molecule has 4 aliphatic carbocycles. The maximum absolute atomic E-state index is 9.58. The second-order valence-electron chi connectivity index (χ2n) is 7.63. The Morgan fingerprint density at radius 2 is 1.55 bits per heavy atom. The van der Waals surface area contributed by atoms with Gasteiger partial charge in [0.2, 0.25) is 0 Å². The van der Waals surface area contributed by atoms with Crippen LogP contribution in [0.1, 0.15) is 37.7 Å². The zero-order chi connectivity index (χ0) is 14.9. The first-order valence-corrected chi connectivity index (χ1v) is 8.39. The van der Waals surface area contributed by atoms with Crippen LogP contribution < -0.4 is 0 Å². The Hall–Kier alpha value is -1.10. The molecule has 5 fully saturated rings. The molecule has 1 aromatic carbocycles. The van der Waals surface area contributed by atoms with E-state index in [2.05, 4.69) is 0 Å². The van der Waals surface area contributed by atoms with Gasteiger partial charge in [0.05, 0.1) is 0 Å². The van der Waals surface area contributed by atoms with E-state index in [0.29, 0.717) is 11.8 Å². The second kappa shape index (κ2) is 4.25. The van der Waals surface area contributed by atoms with Crippen LogP contribution in [0.4, 0.5) is 0 Å². The molecule has 0 radical (unpaired) electrons. The molecule has 4 bridgehead atoms. The van der Waals surface area contributed by atoms with Gasteiger partial charge in [0.1, 0.15) is 5.75 Å². The summed E-state index contributed by atoms with van der Waals surface area (Å²) in [4.78, 5) is 11.6. The van der Waals surface area contributed by atoms with Gasteiger partial charge in [-0.25, -0.2) is 4.89 Å². The average molecular weight is 302 g/mol. The van der Waals surface area contributed by atoms with E-state index in [0.717, 1.165) is 17.4 Å². The van der Waals surface area contributed by atoms with Crippen LogP contribution in [0.5, 0.6) is 5.75 Å². The van der Waals surface area contributed by atoms with Crippen LogP contribution in [0.2, 0.25) is 0 Å². The standard InChI is InChI=1S/C18H22O4/c1-20-18(13-2-4-16(19)5-3-13)17(21-22-18)14-7-11-6-12(9-14)10-15(17)8-11/h2-5,11-12,14-15,19H,6-10H2,1H3. The van der Waals surface area contributed by atoms with Crippen molar-refractivity contribution in [3.8, 4) is 5.75 Å². The topological polar surface area (TPSA) is 47.9 Å². The molecule has 1 saturated heterocycles. The van der Waals surface area contributed by atoms with Crippen LogP contribution >= 0.6 is 0 Å². The zero-order valence-corrected chi connectivity index (χ0v) is 12.8. The predicted molar refractivity (Wildman–Crippen MR) is 78.7 cm³/mol. The van der Waals surface area contributed by atoms with Crippen molar-refractivity contribution >= 4 is 0 Å². The van der Waals surface area contributed by atoms with Crippen LogP contribution in [-0.4, -0.2) is 17.8 Å². The largest absolute Gasteiger partial charge is 0.508 e. The first kappa shape index (κ1) is 13.3. The molecule has 1 atom stereocenters. The van der Waals surface area contributed by atoms with Crippen LogP contribution in [0.25, 0.3) is 0 Å². The summed E-state index contributed by atoms with van der Waals surface area (Å²) in [6.07, 6.45) is 6.35. The summed E-state index contributed by atoms with van der Waals surface area (Å²) >= 11 is 0. The highest BCUT2D eigenvalue weighted by molar-refractivity contribution is 5.34. The third kappa shape index (κ3) is 1.39. The van der Waals surface area contributed by atoms with Gasteiger partial charge in [-0.1, -0.05) is 0 Å². The summed E-state index contributed by atoms with van der Waals surface area (Å²) in [6, 6.07) is 7.19. The van der Waals surface area contributed by atoms with Crippen molar-refractivity contribution in [1.29, 1.82) is 0 Å². The van der Waals surface area contributed by atoms with Gasteiger partial charge >= 0.3 is 0 Å². The molecular weight excluding hydrogens is 280 g/mol. The average Bonchev–Trinajstić information content (AvgIpc) is 2.48. The maximum atomic E-state index is 9.58. The number of phenolic OH excluding ortho intramolecular Hbond substituents is 1. The van der Waals surface area contributed by atoms with E-state index >= 15 is 0 Å². The smallest absolute Gasteiger partial charge is 0.260 e. The minimum Gasteiger partial charge on any atom is -0.508 e. The van der Waals surface area contributed by atoms with Crippen molar-refractivity contribution in [2.75, 3.05) is 7.11 Å². The van der Waals surface area contributed by atoms with Gasteiger partial charge in [-0.3, -0.25) is 0 Å². The lowest BCUT2D eigenvalue weighted by Crippen LogP contribution is -2.76. The maximum Gasteiger partial charge on any atom is 0.260 e. The molecule has 1 heterocycles. The van der Waals surface area contributed by atoms with Crippen LogP contribution in [-0.2, 0) is 20.3 Å². The van der Waals surface area contributed by atoms with Crippen molar-refractivity contribution in [2.45, 2.75) is 43.5 Å². The third-order valence-corrected chi connectivity index (χ3v) is 6.70. The molecule has 4 heteroatoms. The van der Waals surface area contributed by atoms with Crippen LogP contribution in [0, 0.1) is 23.7 Å². The fourth-order valence-electron chi connectivity index (χ4n) is 6.04. The molecule has 5 aliphatic rings. The van der Waals surface area contributed by atoms with E-state index in [1.807, 2.05) is 12.1 Å². The Morgan fingerprint density at radius 3 is 2.00 bits per heavy atom. The Bertz CT molecular complexity index is 564. The lowest BCUT2D eigenvalue weighted by atomic mass is 9.47. The first-order valence-electron chi connectivity index (χ1n) is 8.39. The molecular formula is C18H22O4. The SMILES string of the molecule is COC1(c2ccc(O)cc2)OOC12C1CC3CC(C1)CC2C3. The molecule has 1 aliphatic heterocycles. The van der Waals surface area contributed by atoms with Gasteiger partial charge in [-0.2, -0.15) is 4.89 Å². The minimum atomic E-state index is -0.816. The number of aromatic hydroxyl groups is 1. The van der Waals surface area contributed by atoms with Crippen molar-refractivity contribution in [3.63, 3.8) is 0 Å². The van der Waals surface area contributed by atoms with E-state index in [-0.39, 0.29) is 11.4 Å². The highest BCUT2D eigenvalue weighted by Gasteiger charge is 2.76. The molecule has 1 N–H and O–H groups in total. The number of rotatable bonds is 2. The van der Waals surface area contributed by atoms with Gasteiger partial charge < -0.3 is 9.84 Å². The predicted octanol–water partition coefficient (Wildman–Crippen LogP) is 3.35. The van der Waals surface area contributed by atoms with Crippen molar-refractivity contribution < 1.29 is 19.6 Å². The lowest BCUT2D eigenvalue weighted by molar-refractivity contribution is -0.645. The highest BCUT2D eigenvalue weighted by Crippen LogP contribution is 2.69. The third-order valence-electron chi connectivity index (χ3n) is 6.70. The van der Waals surface area contributed by atoms with E-state index in [1.54, 1.807) is 19.2 Å². The van der Waals surface area contributed by atoms with E-state index in [4.69, 9.17) is 14.5 Å². The summed E-state index contributed by atoms with van der Waals surface area (Å²) in [7, 11) is 1.71. The summed E-state index contributed by atoms with van der Waals surface area (Å²) in [5, 5.41) is 9.58. The number of hydrogen-bond acceptors (Lipinski definition) is 4. The van der Waals surface area contributed by atoms with E-state index in [1.165, 1.54) is 32.1 Å². The summed E-state index contributed by atoms with van der Waals surface area (Å²) < 4.78 is 5.95. The molecule has 4 nitrogen and oxygen atoms in total. The van der Waals surface area contributed by atoms with Crippen molar-refractivity contribution in [3.05, 3.63) is 29.8 Å². The fraction of sp³-hybridized carbons (Fsp3) is 0.667. The van der Waals surface area contributed by atoms with Gasteiger partial charge in [0.25, 0.3) is 5.79 Å². The van der Waals surface area contributed by atoms with Gasteiger partial charge in [0.15, 0.2) is 5.60 Å². The summed E-state index contributed by atoms with van der Waals surface area (Å²) in [5.74, 6) is 2.22. The fourth-order valence-corrected chi connectivity index (χ4v) is 6.04. The molecule has 6 rings (SSSR count). The monoisotopic (exact) mass is 302 g/mol. The van der Waals surface area contributed by atoms with Crippen LogP contribution in [0.15, 0.2) is 24.3 Å². The molecule has 1 unspecified atom stereocenters. The number of ether oxygens (including phenoxy) is 1. The van der Waals surface area contributed by atoms with Crippen molar-refractivity contribution in [2.24, 2.45) is 23.7 Å². The van der Waals surface area contributed by atoms with Crippen molar-refractivity contribution in [1.82, 2.24) is 0 Å². The highest BCUT2D eigenvalue weighted by atomic mass is 17.3. The number of phenols is 1. The Morgan fingerprint density at radius 1 is 0.955 bits per heavy atom. The molecule has 22 heavy (non-hydrogen) atoms. The minimum absolute atomic E-state index is 0.259. The lowest BCUT2D eigenvalue weighted by Gasteiger charge is -2.68. The Balaban J connectivity index is 1.61. The normalized spacial score (nSPS) is 48.6. The second-order valence-corrected chi connectivity index (χ2v) is 7.63. The quantitative estimate of drug-likeness (QED) is 0.851. The van der Waals surface area contributed by atoms with E-state index in [9.17, 15) is 5.11 Å². The molecule has 4 saturated carbocycles. The number of hydrogen-bond donors (Lipinski definition) is 1. The number of methoxy groups -OCH3 is 1. The van der Waals surface area contributed by atoms with Gasteiger partial charge in [0, 0.05) is 12.7 Å². The molecule has 1 spiro atoms. The van der Waals surface area contributed by atoms with Crippen LogP contribution in [0.3, 0.4) is 0 Å². The molecule has 0 amide bonds. The molecule has 1 aromatic rings. The van der Waals surface area contributed by atoms with E-state index < -0.39 is 5.79 Å². The Kier molecular flexibility index (Phi) is 2.58. The Labute approximate surface area is 130 Å². The zero-order valence-electron chi connectivity index (χ0n) is 12.8. The summed E-state index contributed by atoms with van der Waals surface area (Å²) in [5.41, 5.74) is 0.609.